The lowest BCUT2D eigenvalue weighted by Crippen LogP contribution is -2.48. The molecule has 0 radical (unpaired) electrons. The fourth-order valence-corrected chi connectivity index (χ4v) is 2.10. The van der Waals surface area contributed by atoms with Crippen LogP contribution in [0.2, 0.25) is 0 Å². The van der Waals surface area contributed by atoms with Crippen LogP contribution in [0.4, 0.5) is 5.69 Å². The van der Waals surface area contributed by atoms with Crippen molar-refractivity contribution in [3.63, 3.8) is 0 Å². The minimum absolute atomic E-state index is 0.104. The molecule has 0 bridgehead atoms. The Bertz CT molecular complexity index is 442. The summed E-state index contributed by atoms with van der Waals surface area (Å²) in [6, 6.07) is 1.87. The minimum Gasteiger partial charge on any atom is -0.397 e. The van der Waals surface area contributed by atoms with Gasteiger partial charge in [0.2, 0.25) is 0 Å². The predicted octanol–water partition coefficient (Wildman–Crippen LogP) is 1.27. The Balaban J connectivity index is 1.91. The number of nitrogens with two attached hydrogens (primary N) is 1. The molecule has 1 heterocycles. The van der Waals surface area contributed by atoms with Crippen LogP contribution in [0.5, 0.6) is 0 Å². The average molecular weight is 249 g/mol. The number of amides is 1. The lowest BCUT2D eigenvalue weighted by Gasteiger charge is -2.35. The molecular weight excluding hydrogens is 230 g/mol. The fraction of sp³-hybridized carbons (Fsp3) is 0.538. The standard InChI is InChI=1S/C13H19N3O2/c1-3-18-11-5-10(6-11)16-13(17)12-4-9(14)7-15-8(12)2/h4,7,10-11H,3,5-6,14H2,1-2H3,(H,16,17). The van der Waals surface area contributed by atoms with E-state index in [4.69, 9.17) is 10.5 Å². The molecule has 0 unspecified atom stereocenters. The summed E-state index contributed by atoms with van der Waals surface area (Å²) in [5.74, 6) is -0.104. The van der Waals surface area contributed by atoms with Gasteiger partial charge in [-0.25, -0.2) is 0 Å². The first-order chi connectivity index (χ1) is 8.60. The van der Waals surface area contributed by atoms with Crippen molar-refractivity contribution in [1.82, 2.24) is 10.3 Å². The zero-order chi connectivity index (χ0) is 13.1. The number of aromatic nitrogens is 1. The van der Waals surface area contributed by atoms with Crippen molar-refractivity contribution in [2.24, 2.45) is 0 Å². The monoisotopic (exact) mass is 249 g/mol. The zero-order valence-corrected chi connectivity index (χ0v) is 10.8. The summed E-state index contributed by atoms with van der Waals surface area (Å²) < 4.78 is 5.45. The van der Waals surface area contributed by atoms with Gasteiger partial charge in [0.25, 0.3) is 5.91 Å². The molecule has 1 aromatic rings. The van der Waals surface area contributed by atoms with E-state index in [0.717, 1.165) is 19.4 Å². The lowest BCUT2D eigenvalue weighted by molar-refractivity contribution is -0.00863. The first-order valence-corrected chi connectivity index (χ1v) is 6.24. The average Bonchev–Trinajstić information content (AvgIpc) is 2.29. The summed E-state index contributed by atoms with van der Waals surface area (Å²) in [6.07, 6.45) is 3.61. The van der Waals surface area contributed by atoms with Crippen LogP contribution in [0.1, 0.15) is 35.8 Å². The number of ether oxygens (including phenoxy) is 1. The summed E-state index contributed by atoms with van der Waals surface area (Å²) in [5.41, 5.74) is 7.40. The van der Waals surface area contributed by atoms with Gasteiger partial charge in [0.1, 0.15) is 0 Å². The first-order valence-electron chi connectivity index (χ1n) is 6.24. The number of nitrogen functional groups attached to an aromatic ring is 1. The van der Waals surface area contributed by atoms with Crippen molar-refractivity contribution in [3.05, 3.63) is 23.5 Å². The molecule has 1 saturated carbocycles. The number of anilines is 1. The van der Waals surface area contributed by atoms with Crippen molar-refractivity contribution in [2.75, 3.05) is 12.3 Å². The minimum atomic E-state index is -0.104. The molecule has 0 spiro atoms. The number of pyridine rings is 1. The van der Waals surface area contributed by atoms with E-state index in [0.29, 0.717) is 23.0 Å². The van der Waals surface area contributed by atoms with E-state index >= 15 is 0 Å². The summed E-state index contributed by atoms with van der Waals surface area (Å²) in [7, 11) is 0. The molecule has 0 aromatic carbocycles. The molecule has 1 aliphatic carbocycles. The Kier molecular flexibility index (Phi) is 3.81. The van der Waals surface area contributed by atoms with Gasteiger partial charge in [0.15, 0.2) is 0 Å². The second-order valence-corrected chi connectivity index (χ2v) is 4.62. The molecule has 1 aromatic heterocycles. The number of carbonyl (C=O) groups excluding carboxylic acids is 1. The molecule has 0 saturated heterocycles. The maximum atomic E-state index is 12.0. The van der Waals surface area contributed by atoms with Gasteiger partial charge in [-0.1, -0.05) is 0 Å². The van der Waals surface area contributed by atoms with Gasteiger partial charge < -0.3 is 15.8 Å². The Morgan fingerprint density at radius 3 is 3.00 bits per heavy atom. The number of carbonyl (C=O) groups is 1. The van der Waals surface area contributed by atoms with E-state index in [9.17, 15) is 4.79 Å². The van der Waals surface area contributed by atoms with Crippen LogP contribution in [-0.2, 0) is 4.74 Å². The Morgan fingerprint density at radius 1 is 1.61 bits per heavy atom. The van der Waals surface area contributed by atoms with Gasteiger partial charge in [-0.3, -0.25) is 9.78 Å². The smallest absolute Gasteiger partial charge is 0.253 e. The van der Waals surface area contributed by atoms with Crippen LogP contribution in [0.15, 0.2) is 12.3 Å². The van der Waals surface area contributed by atoms with Gasteiger partial charge in [0, 0.05) is 12.6 Å². The third kappa shape index (κ3) is 2.79. The number of nitrogens with one attached hydrogen (secondary N) is 1. The van der Waals surface area contributed by atoms with E-state index in [1.54, 1.807) is 19.2 Å². The molecule has 5 heteroatoms. The third-order valence-electron chi connectivity index (χ3n) is 3.19. The van der Waals surface area contributed by atoms with E-state index in [1.807, 2.05) is 6.92 Å². The van der Waals surface area contributed by atoms with Crippen molar-refractivity contribution >= 4 is 11.6 Å². The quantitative estimate of drug-likeness (QED) is 0.842. The number of hydrogen-bond donors (Lipinski definition) is 2. The van der Waals surface area contributed by atoms with Crippen LogP contribution in [0, 0.1) is 6.92 Å². The molecule has 0 aliphatic heterocycles. The van der Waals surface area contributed by atoms with Gasteiger partial charge in [-0.2, -0.15) is 0 Å². The number of aryl methyl sites for hydroxylation is 1. The second-order valence-electron chi connectivity index (χ2n) is 4.62. The molecule has 1 amide bonds. The topological polar surface area (TPSA) is 77.2 Å². The largest absolute Gasteiger partial charge is 0.397 e. The predicted molar refractivity (Wildman–Crippen MR) is 69.3 cm³/mol. The molecule has 0 atom stereocenters. The summed E-state index contributed by atoms with van der Waals surface area (Å²) in [4.78, 5) is 16.1. The molecule has 2 rings (SSSR count). The highest BCUT2D eigenvalue weighted by Crippen LogP contribution is 2.23. The molecule has 18 heavy (non-hydrogen) atoms. The summed E-state index contributed by atoms with van der Waals surface area (Å²) in [6.45, 7) is 4.51. The van der Waals surface area contributed by atoms with Gasteiger partial charge in [0.05, 0.1) is 29.2 Å². The Labute approximate surface area is 107 Å². The van der Waals surface area contributed by atoms with Crippen molar-refractivity contribution in [1.29, 1.82) is 0 Å². The molecule has 1 fully saturated rings. The Morgan fingerprint density at radius 2 is 2.33 bits per heavy atom. The third-order valence-corrected chi connectivity index (χ3v) is 3.19. The van der Waals surface area contributed by atoms with E-state index < -0.39 is 0 Å². The number of hydrogen-bond acceptors (Lipinski definition) is 4. The second kappa shape index (κ2) is 5.35. The maximum absolute atomic E-state index is 12.0. The molecular formula is C13H19N3O2. The first kappa shape index (κ1) is 12.8. The number of nitrogens with zero attached hydrogens (tertiary/aromatic N) is 1. The van der Waals surface area contributed by atoms with Crippen LogP contribution in [-0.4, -0.2) is 29.6 Å². The van der Waals surface area contributed by atoms with Gasteiger partial charge in [-0.05, 0) is 32.8 Å². The van der Waals surface area contributed by atoms with Crippen LogP contribution in [0.25, 0.3) is 0 Å². The highest BCUT2D eigenvalue weighted by molar-refractivity contribution is 5.96. The highest BCUT2D eigenvalue weighted by atomic mass is 16.5. The zero-order valence-electron chi connectivity index (χ0n) is 10.8. The molecule has 1 aliphatic rings. The normalized spacial score (nSPS) is 22.3. The summed E-state index contributed by atoms with van der Waals surface area (Å²) >= 11 is 0. The Hall–Kier alpha value is -1.62. The van der Waals surface area contributed by atoms with Gasteiger partial charge in [-0.15, -0.1) is 0 Å². The van der Waals surface area contributed by atoms with E-state index in [1.165, 1.54) is 0 Å². The SMILES string of the molecule is CCOC1CC(NC(=O)c2cc(N)cnc2C)C1. The van der Waals surface area contributed by atoms with E-state index in [-0.39, 0.29) is 11.9 Å². The van der Waals surface area contributed by atoms with Crippen LogP contribution < -0.4 is 11.1 Å². The van der Waals surface area contributed by atoms with Crippen molar-refractivity contribution < 1.29 is 9.53 Å². The van der Waals surface area contributed by atoms with Crippen LogP contribution in [0.3, 0.4) is 0 Å². The number of rotatable bonds is 4. The van der Waals surface area contributed by atoms with Crippen molar-refractivity contribution in [3.8, 4) is 0 Å². The lowest BCUT2D eigenvalue weighted by atomic mass is 9.89. The molecule has 5 nitrogen and oxygen atoms in total. The maximum Gasteiger partial charge on any atom is 0.253 e. The fourth-order valence-electron chi connectivity index (χ4n) is 2.10. The van der Waals surface area contributed by atoms with Crippen molar-refractivity contribution in [2.45, 2.75) is 38.8 Å². The highest BCUT2D eigenvalue weighted by Gasteiger charge is 2.31. The molecule has 3 N–H and O–H groups in total. The van der Waals surface area contributed by atoms with Gasteiger partial charge >= 0.3 is 0 Å². The molecule has 98 valence electrons. The van der Waals surface area contributed by atoms with E-state index in [2.05, 4.69) is 10.3 Å². The summed E-state index contributed by atoms with van der Waals surface area (Å²) in [5, 5.41) is 2.97. The van der Waals surface area contributed by atoms with Crippen LogP contribution >= 0.6 is 0 Å².